The first-order valence-corrected chi connectivity index (χ1v) is 9.41. The minimum absolute atomic E-state index is 0.0309. The highest BCUT2D eigenvalue weighted by Gasteiger charge is 2.55. The predicted octanol–water partition coefficient (Wildman–Crippen LogP) is 1.09. The molecule has 2 atom stereocenters. The molecule has 23 heavy (non-hydrogen) atoms. The van der Waals surface area contributed by atoms with Crippen molar-refractivity contribution in [2.45, 2.75) is 64.5 Å². The molecule has 5 rings (SSSR count). The maximum absolute atomic E-state index is 12.6. The Kier molecular flexibility index (Phi) is 3.67. The summed E-state index contributed by atoms with van der Waals surface area (Å²) in [7, 11) is 0. The first-order chi connectivity index (χ1) is 11.0. The Labute approximate surface area is 138 Å². The van der Waals surface area contributed by atoms with Crippen LogP contribution in [0.2, 0.25) is 0 Å². The fourth-order valence-electron chi connectivity index (χ4n) is 6.38. The van der Waals surface area contributed by atoms with Crippen LogP contribution < -0.4 is 10.6 Å². The fraction of sp³-hybridized carbons (Fsp3) is 0.889. The quantitative estimate of drug-likeness (QED) is 0.814. The zero-order chi connectivity index (χ0) is 16.2. The summed E-state index contributed by atoms with van der Waals surface area (Å²) in [6, 6.07) is 0.0834. The summed E-state index contributed by atoms with van der Waals surface area (Å²) >= 11 is 0. The molecule has 1 heterocycles. The molecule has 4 saturated carbocycles. The zero-order valence-electron chi connectivity index (χ0n) is 14.4. The Bertz CT molecular complexity index is 483. The highest BCUT2D eigenvalue weighted by atomic mass is 16.2. The second kappa shape index (κ2) is 5.47. The summed E-state index contributed by atoms with van der Waals surface area (Å²) in [6.45, 7) is 5.38. The molecule has 0 unspecified atom stereocenters. The van der Waals surface area contributed by atoms with Crippen molar-refractivity contribution in [3.05, 3.63) is 0 Å². The molecule has 3 amide bonds. The van der Waals surface area contributed by atoms with Gasteiger partial charge in [-0.2, -0.15) is 0 Å². The van der Waals surface area contributed by atoms with Crippen molar-refractivity contribution in [3.8, 4) is 0 Å². The number of carbonyl (C=O) groups is 2. The van der Waals surface area contributed by atoms with Crippen molar-refractivity contribution < 1.29 is 14.9 Å². The average Bonchev–Trinajstić information content (AvgIpc) is 2.91. The van der Waals surface area contributed by atoms with Crippen LogP contribution in [0.3, 0.4) is 0 Å². The van der Waals surface area contributed by atoms with Gasteiger partial charge >= 0.3 is 6.03 Å². The summed E-state index contributed by atoms with van der Waals surface area (Å²) < 4.78 is 0. The monoisotopic (exact) mass is 320 g/mol. The van der Waals surface area contributed by atoms with Gasteiger partial charge in [-0.25, -0.2) is 4.79 Å². The maximum Gasteiger partial charge on any atom is 0.324 e. The van der Waals surface area contributed by atoms with Gasteiger partial charge in [0.15, 0.2) is 6.04 Å². The van der Waals surface area contributed by atoms with Gasteiger partial charge in [-0.3, -0.25) is 9.69 Å². The lowest BCUT2D eigenvalue weighted by atomic mass is 9.48. The van der Waals surface area contributed by atoms with Gasteiger partial charge in [0.2, 0.25) is 0 Å². The highest BCUT2D eigenvalue weighted by Crippen LogP contribution is 2.60. The molecule has 5 nitrogen and oxygen atoms in total. The highest BCUT2D eigenvalue weighted by molar-refractivity contribution is 5.97. The molecule has 0 spiro atoms. The van der Waals surface area contributed by atoms with Crippen molar-refractivity contribution >= 4 is 11.9 Å². The summed E-state index contributed by atoms with van der Waals surface area (Å²) in [4.78, 5) is 25.6. The Hall–Kier alpha value is -1.10. The minimum Gasteiger partial charge on any atom is -0.336 e. The number of nitrogens with two attached hydrogens (primary N) is 1. The van der Waals surface area contributed by atoms with Crippen molar-refractivity contribution in [3.63, 3.8) is 0 Å². The minimum atomic E-state index is -0.224. The normalized spacial score (nSPS) is 41.0. The molecule has 1 aliphatic heterocycles. The molecule has 0 aromatic heterocycles. The van der Waals surface area contributed by atoms with E-state index in [2.05, 4.69) is 17.6 Å². The van der Waals surface area contributed by atoms with Gasteiger partial charge in [0.25, 0.3) is 5.91 Å². The van der Waals surface area contributed by atoms with Crippen molar-refractivity contribution in [2.24, 2.45) is 23.2 Å². The van der Waals surface area contributed by atoms with E-state index in [4.69, 9.17) is 0 Å². The molecule has 4 bridgehead atoms. The molecule has 128 valence electrons. The van der Waals surface area contributed by atoms with Gasteiger partial charge in [-0.15, -0.1) is 0 Å². The third-order valence-electron chi connectivity index (χ3n) is 7.14. The molecular weight excluding hydrogens is 290 g/mol. The van der Waals surface area contributed by atoms with E-state index in [-0.39, 0.29) is 18.0 Å². The second-order valence-corrected chi connectivity index (χ2v) is 8.77. The van der Waals surface area contributed by atoms with Crippen molar-refractivity contribution in [1.82, 2.24) is 10.2 Å². The number of urea groups is 1. The van der Waals surface area contributed by atoms with Crippen molar-refractivity contribution in [1.29, 1.82) is 0 Å². The van der Waals surface area contributed by atoms with Crippen LogP contribution in [0.1, 0.15) is 52.4 Å². The molecule has 4 aliphatic carbocycles. The van der Waals surface area contributed by atoms with Crippen LogP contribution >= 0.6 is 0 Å². The van der Waals surface area contributed by atoms with Gasteiger partial charge in [-0.1, -0.05) is 0 Å². The van der Waals surface area contributed by atoms with E-state index < -0.39 is 0 Å². The number of quaternary nitrogens is 1. The number of hydrogen-bond acceptors (Lipinski definition) is 2. The lowest BCUT2D eigenvalue weighted by Crippen LogP contribution is -2.98. The zero-order valence-corrected chi connectivity index (χ0v) is 14.4. The first kappa shape index (κ1) is 15.4. The SMILES string of the molecule is C[C@H]([NH2+][C@H](C)C(=O)N1CCNC1=O)C12CC3CC(CC(C3)C1)C2. The van der Waals surface area contributed by atoms with E-state index in [0.29, 0.717) is 24.5 Å². The average molecular weight is 320 g/mol. The smallest absolute Gasteiger partial charge is 0.324 e. The van der Waals surface area contributed by atoms with Crippen LogP contribution in [0.15, 0.2) is 0 Å². The Balaban J connectivity index is 1.42. The van der Waals surface area contributed by atoms with Crippen LogP contribution in [-0.2, 0) is 4.79 Å². The predicted molar refractivity (Wildman–Crippen MR) is 86.6 cm³/mol. The maximum atomic E-state index is 12.6. The van der Waals surface area contributed by atoms with Gasteiger partial charge in [0.05, 0.1) is 6.04 Å². The van der Waals surface area contributed by atoms with E-state index in [0.717, 1.165) is 17.8 Å². The topological polar surface area (TPSA) is 66.0 Å². The number of nitrogens with one attached hydrogen (secondary N) is 1. The van der Waals surface area contributed by atoms with Crippen LogP contribution in [0.4, 0.5) is 4.79 Å². The number of carbonyl (C=O) groups excluding carboxylic acids is 2. The molecular formula is C18H30N3O2+. The lowest BCUT2D eigenvalue weighted by Gasteiger charge is -2.58. The van der Waals surface area contributed by atoms with Crippen LogP contribution in [0.25, 0.3) is 0 Å². The van der Waals surface area contributed by atoms with Crippen LogP contribution in [0.5, 0.6) is 0 Å². The van der Waals surface area contributed by atoms with E-state index >= 15 is 0 Å². The van der Waals surface area contributed by atoms with Gasteiger partial charge in [0.1, 0.15) is 0 Å². The molecule has 5 aliphatic rings. The summed E-state index contributed by atoms with van der Waals surface area (Å²) in [6.07, 6.45) is 8.45. The molecule has 5 fully saturated rings. The van der Waals surface area contributed by atoms with E-state index in [1.165, 1.54) is 43.4 Å². The molecule has 0 radical (unpaired) electrons. The number of rotatable bonds is 4. The van der Waals surface area contributed by atoms with Gasteiger partial charge in [-0.05, 0) is 70.1 Å². The Morgan fingerprint density at radius 2 is 1.74 bits per heavy atom. The Morgan fingerprint density at radius 1 is 1.17 bits per heavy atom. The largest absolute Gasteiger partial charge is 0.336 e. The van der Waals surface area contributed by atoms with Crippen LogP contribution in [0, 0.1) is 23.2 Å². The molecule has 3 N–H and O–H groups in total. The number of imide groups is 1. The van der Waals surface area contributed by atoms with Crippen LogP contribution in [-0.4, -0.2) is 42.0 Å². The number of hydrogen-bond donors (Lipinski definition) is 2. The fourth-order valence-corrected chi connectivity index (χ4v) is 6.38. The number of amides is 3. The number of nitrogens with zero attached hydrogens (tertiary/aromatic N) is 1. The van der Waals surface area contributed by atoms with E-state index in [1.54, 1.807) is 0 Å². The first-order valence-electron chi connectivity index (χ1n) is 9.41. The standard InChI is InChI=1S/C18H29N3O2/c1-11(16(22)21-4-3-19-17(21)23)20-12(2)18-8-13-5-14(9-18)7-15(6-13)10-18/h11-15,20H,3-10H2,1-2H3,(H,19,23)/p+1/t11-,12+,13?,14?,15?,18?/m1/s1. The van der Waals surface area contributed by atoms with Crippen molar-refractivity contribution in [2.75, 3.05) is 13.1 Å². The molecule has 0 aromatic rings. The summed E-state index contributed by atoms with van der Waals surface area (Å²) in [5, 5.41) is 4.97. The van der Waals surface area contributed by atoms with Gasteiger partial charge in [0, 0.05) is 18.5 Å². The van der Waals surface area contributed by atoms with E-state index in [1.807, 2.05) is 6.92 Å². The van der Waals surface area contributed by atoms with Gasteiger partial charge < -0.3 is 10.6 Å². The summed E-state index contributed by atoms with van der Waals surface area (Å²) in [5.41, 5.74) is 0.441. The molecule has 0 aromatic carbocycles. The second-order valence-electron chi connectivity index (χ2n) is 8.77. The summed E-state index contributed by atoms with van der Waals surface area (Å²) in [5.74, 6) is 2.78. The third-order valence-corrected chi connectivity index (χ3v) is 7.14. The molecule has 1 saturated heterocycles. The van der Waals surface area contributed by atoms with E-state index in [9.17, 15) is 9.59 Å². The lowest BCUT2D eigenvalue weighted by molar-refractivity contribution is -0.719. The third kappa shape index (κ3) is 2.57. The molecule has 5 heteroatoms. The Morgan fingerprint density at radius 3 is 2.22 bits per heavy atom.